The van der Waals surface area contributed by atoms with Gasteiger partial charge in [0.1, 0.15) is 6.61 Å². The molecule has 0 fully saturated rings. The van der Waals surface area contributed by atoms with Crippen LogP contribution in [0, 0.1) is 10.8 Å². The smallest absolute Gasteiger partial charge is 0.180 e. The summed E-state index contributed by atoms with van der Waals surface area (Å²) in [6, 6.07) is 8.97. The molecule has 1 heterocycles. The van der Waals surface area contributed by atoms with Gasteiger partial charge in [0.15, 0.2) is 23.1 Å². The van der Waals surface area contributed by atoms with Crippen LogP contribution in [0.3, 0.4) is 0 Å². The predicted octanol–water partition coefficient (Wildman–Crippen LogP) is 8.60. The van der Waals surface area contributed by atoms with Crippen molar-refractivity contribution in [3.63, 3.8) is 0 Å². The Morgan fingerprint density at radius 3 is 1.95 bits per heavy atom. The predicted molar refractivity (Wildman–Crippen MR) is 159 cm³/mol. The Morgan fingerprint density at radius 1 is 0.800 bits per heavy atom. The molecule has 212 valence electrons. The first-order valence-electron chi connectivity index (χ1n) is 13.6. The van der Waals surface area contributed by atoms with Gasteiger partial charge >= 0.3 is 0 Å². The third kappa shape index (κ3) is 5.66. The summed E-state index contributed by atoms with van der Waals surface area (Å²) in [7, 11) is 0. The molecule has 1 N–H and O–H groups in total. The van der Waals surface area contributed by atoms with E-state index in [1.165, 1.54) is 0 Å². The number of halogens is 3. The van der Waals surface area contributed by atoms with Crippen LogP contribution < -0.4 is 14.8 Å². The number of allylic oxidation sites excluding steroid dienone is 4. The van der Waals surface area contributed by atoms with Crippen molar-refractivity contribution in [3.8, 4) is 11.5 Å². The zero-order chi connectivity index (χ0) is 29.0. The number of dihydropyridines is 1. The maximum Gasteiger partial charge on any atom is 0.180 e. The summed E-state index contributed by atoms with van der Waals surface area (Å²) < 4.78 is 12.1. The number of hydrogen-bond acceptors (Lipinski definition) is 5. The van der Waals surface area contributed by atoms with Gasteiger partial charge in [-0.2, -0.15) is 0 Å². The molecule has 8 heteroatoms. The summed E-state index contributed by atoms with van der Waals surface area (Å²) in [6.07, 6.45) is 2.30. The standard InChI is InChI=1S/C32H34Cl3NO4/c1-6-39-26-11-18(10-21(35)30(26)40-16-17-7-8-19(33)20(34)9-17)27-28-22(12-31(2,3)14-24(28)37)36-23-13-32(4,5)15-25(38)29(23)27/h7-11,27,36H,6,12-16H2,1-5H3. The highest BCUT2D eigenvalue weighted by Crippen LogP contribution is 2.52. The molecule has 0 atom stereocenters. The van der Waals surface area contributed by atoms with Crippen LogP contribution in [0.25, 0.3) is 0 Å². The number of nitrogens with one attached hydrogen (secondary N) is 1. The molecule has 0 saturated carbocycles. The minimum absolute atomic E-state index is 0.0574. The van der Waals surface area contributed by atoms with Crippen LogP contribution in [-0.4, -0.2) is 18.2 Å². The van der Waals surface area contributed by atoms with Crippen molar-refractivity contribution in [3.05, 3.63) is 79.1 Å². The zero-order valence-electron chi connectivity index (χ0n) is 23.5. The first-order valence-corrected chi connectivity index (χ1v) is 14.7. The lowest BCUT2D eigenvalue weighted by Crippen LogP contribution is -2.42. The highest BCUT2D eigenvalue weighted by molar-refractivity contribution is 6.42. The van der Waals surface area contributed by atoms with E-state index in [9.17, 15) is 9.59 Å². The average molecular weight is 603 g/mol. The van der Waals surface area contributed by atoms with Crippen LogP contribution in [0.15, 0.2) is 52.9 Å². The number of rotatable bonds is 6. The van der Waals surface area contributed by atoms with E-state index in [1.54, 1.807) is 18.2 Å². The van der Waals surface area contributed by atoms with Crippen molar-refractivity contribution in [2.24, 2.45) is 10.8 Å². The van der Waals surface area contributed by atoms with E-state index in [-0.39, 0.29) is 29.0 Å². The van der Waals surface area contributed by atoms with E-state index in [0.29, 0.717) is 57.2 Å². The number of ketones is 2. The van der Waals surface area contributed by atoms with Gasteiger partial charge in [-0.15, -0.1) is 0 Å². The Hall–Kier alpha value is -2.47. The Bertz CT molecular complexity index is 1420. The second-order valence-corrected chi connectivity index (χ2v) is 13.7. The normalized spacial score (nSPS) is 20.2. The van der Waals surface area contributed by atoms with Gasteiger partial charge in [0, 0.05) is 41.3 Å². The van der Waals surface area contributed by atoms with Crippen molar-refractivity contribution in [1.29, 1.82) is 0 Å². The maximum absolute atomic E-state index is 13.7. The molecule has 0 unspecified atom stereocenters. The largest absolute Gasteiger partial charge is 0.490 e. The van der Waals surface area contributed by atoms with Gasteiger partial charge in [0.25, 0.3) is 0 Å². The maximum atomic E-state index is 13.7. The van der Waals surface area contributed by atoms with Gasteiger partial charge in [0.2, 0.25) is 0 Å². The van der Waals surface area contributed by atoms with Crippen molar-refractivity contribution >= 4 is 46.4 Å². The molecule has 2 aromatic rings. The third-order valence-electron chi connectivity index (χ3n) is 7.75. The van der Waals surface area contributed by atoms with E-state index < -0.39 is 5.92 Å². The number of ether oxygens (including phenoxy) is 2. The van der Waals surface area contributed by atoms with Crippen LogP contribution in [0.1, 0.15) is 77.3 Å². The molecule has 0 amide bonds. The van der Waals surface area contributed by atoms with Gasteiger partial charge in [-0.3, -0.25) is 9.59 Å². The highest BCUT2D eigenvalue weighted by Gasteiger charge is 2.46. The lowest BCUT2D eigenvalue weighted by Gasteiger charge is -2.44. The molecule has 0 spiro atoms. The Morgan fingerprint density at radius 2 is 1.40 bits per heavy atom. The molecule has 0 bridgehead atoms. The van der Waals surface area contributed by atoms with Gasteiger partial charge in [-0.25, -0.2) is 0 Å². The summed E-state index contributed by atoms with van der Waals surface area (Å²) >= 11 is 19.1. The quantitative estimate of drug-likeness (QED) is 0.359. The number of hydrogen-bond donors (Lipinski definition) is 1. The minimum atomic E-state index is -0.515. The molecular formula is C32H34Cl3NO4. The third-order valence-corrected chi connectivity index (χ3v) is 8.77. The molecule has 2 aromatic carbocycles. The van der Waals surface area contributed by atoms with Crippen molar-refractivity contribution in [1.82, 2.24) is 5.32 Å². The number of Topliss-reactive ketones (excluding diaryl/α,β-unsaturated/α-hetero) is 2. The SMILES string of the molecule is CCOc1cc(C2C3=C(CC(C)(C)CC3=O)NC3=C2C(=O)CC(C)(C)C3)cc(Cl)c1OCc1ccc(Cl)c(Cl)c1. The Kier molecular flexibility index (Phi) is 7.80. The molecule has 0 saturated heterocycles. The van der Waals surface area contributed by atoms with E-state index in [2.05, 4.69) is 33.0 Å². The molecule has 0 radical (unpaired) electrons. The monoisotopic (exact) mass is 601 g/mol. The average Bonchev–Trinajstić information content (AvgIpc) is 2.82. The van der Waals surface area contributed by atoms with Gasteiger partial charge in [-0.1, -0.05) is 68.6 Å². The van der Waals surface area contributed by atoms with Crippen LogP contribution >= 0.6 is 34.8 Å². The van der Waals surface area contributed by atoms with Crippen LogP contribution in [0.2, 0.25) is 15.1 Å². The van der Waals surface area contributed by atoms with Gasteiger partial charge in [0.05, 0.1) is 21.7 Å². The topological polar surface area (TPSA) is 64.6 Å². The first kappa shape index (κ1) is 29.0. The second kappa shape index (κ2) is 10.7. The Labute approximate surface area is 250 Å². The molecule has 5 rings (SSSR count). The summed E-state index contributed by atoms with van der Waals surface area (Å²) in [5.41, 5.74) is 4.37. The fourth-order valence-corrected chi connectivity index (χ4v) is 6.76. The van der Waals surface area contributed by atoms with Crippen LogP contribution in [0.5, 0.6) is 11.5 Å². The van der Waals surface area contributed by atoms with Crippen LogP contribution in [0.4, 0.5) is 0 Å². The fraction of sp³-hybridized carbons (Fsp3) is 0.438. The van der Waals surface area contributed by atoms with E-state index in [4.69, 9.17) is 44.3 Å². The van der Waals surface area contributed by atoms with Gasteiger partial charge < -0.3 is 14.8 Å². The first-order chi connectivity index (χ1) is 18.8. The minimum Gasteiger partial charge on any atom is -0.490 e. The molecule has 2 aliphatic carbocycles. The number of carbonyl (C=O) groups excluding carboxylic acids is 2. The molecule has 1 aliphatic heterocycles. The second-order valence-electron chi connectivity index (χ2n) is 12.5. The van der Waals surface area contributed by atoms with E-state index >= 15 is 0 Å². The molecule has 0 aromatic heterocycles. The van der Waals surface area contributed by atoms with E-state index in [0.717, 1.165) is 35.4 Å². The molecule has 5 nitrogen and oxygen atoms in total. The summed E-state index contributed by atoms with van der Waals surface area (Å²) in [5, 5.41) is 4.80. The van der Waals surface area contributed by atoms with Crippen molar-refractivity contribution < 1.29 is 19.1 Å². The summed E-state index contributed by atoms with van der Waals surface area (Å²) in [5.74, 6) is 0.450. The number of benzene rings is 2. The highest BCUT2D eigenvalue weighted by atomic mass is 35.5. The molecular weight excluding hydrogens is 569 g/mol. The summed E-state index contributed by atoms with van der Waals surface area (Å²) in [6.45, 7) is 10.9. The van der Waals surface area contributed by atoms with Gasteiger partial charge in [-0.05, 0) is 66.0 Å². The Balaban J connectivity index is 1.60. The molecule has 40 heavy (non-hydrogen) atoms. The fourth-order valence-electron chi connectivity index (χ4n) is 6.16. The number of carbonyl (C=O) groups is 2. The van der Waals surface area contributed by atoms with Crippen LogP contribution in [-0.2, 0) is 16.2 Å². The zero-order valence-corrected chi connectivity index (χ0v) is 25.7. The van der Waals surface area contributed by atoms with Crippen molar-refractivity contribution in [2.75, 3.05) is 6.61 Å². The lowest BCUT2D eigenvalue weighted by atomic mass is 9.64. The lowest BCUT2D eigenvalue weighted by molar-refractivity contribution is -0.119. The van der Waals surface area contributed by atoms with Crippen molar-refractivity contribution in [2.45, 2.75) is 72.8 Å². The van der Waals surface area contributed by atoms with E-state index in [1.807, 2.05) is 19.1 Å². The molecule has 3 aliphatic rings. The summed E-state index contributed by atoms with van der Waals surface area (Å²) in [4.78, 5) is 27.3.